The van der Waals surface area contributed by atoms with E-state index in [9.17, 15) is 14.3 Å². The van der Waals surface area contributed by atoms with Crippen molar-refractivity contribution in [2.45, 2.75) is 38.3 Å². The number of nitrogens with zero attached hydrogens (tertiary/aromatic N) is 2. The van der Waals surface area contributed by atoms with Crippen LogP contribution in [0.25, 0.3) is 33.5 Å². The van der Waals surface area contributed by atoms with Gasteiger partial charge in [-0.15, -0.1) is 0 Å². The first-order chi connectivity index (χ1) is 16.0. The SMILES string of the molecule is CC(O)C1CCCCN1C(=O)c1cccc(-c2cccc(-c3nc4ccc(F)cc4[nH]3)c2)c1. The number of aromatic amines is 1. The van der Waals surface area contributed by atoms with Crippen LogP contribution in [-0.2, 0) is 0 Å². The number of halogens is 1. The van der Waals surface area contributed by atoms with Gasteiger partial charge in [-0.1, -0.05) is 30.3 Å². The van der Waals surface area contributed by atoms with E-state index in [1.807, 2.05) is 53.4 Å². The smallest absolute Gasteiger partial charge is 0.254 e. The van der Waals surface area contributed by atoms with E-state index >= 15 is 0 Å². The van der Waals surface area contributed by atoms with Gasteiger partial charge in [-0.2, -0.15) is 0 Å². The topological polar surface area (TPSA) is 69.2 Å². The molecule has 1 aliphatic heterocycles. The molecule has 1 fully saturated rings. The van der Waals surface area contributed by atoms with Gasteiger partial charge in [-0.25, -0.2) is 9.37 Å². The summed E-state index contributed by atoms with van der Waals surface area (Å²) in [5, 5.41) is 10.2. The molecule has 0 bridgehead atoms. The van der Waals surface area contributed by atoms with Crippen molar-refractivity contribution < 1.29 is 14.3 Å². The summed E-state index contributed by atoms with van der Waals surface area (Å²) in [4.78, 5) is 22.9. The van der Waals surface area contributed by atoms with Gasteiger partial charge in [-0.3, -0.25) is 4.79 Å². The molecule has 2 heterocycles. The number of rotatable bonds is 4. The van der Waals surface area contributed by atoms with Gasteiger partial charge < -0.3 is 15.0 Å². The maximum absolute atomic E-state index is 13.5. The lowest BCUT2D eigenvalue weighted by molar-refractivity contribution is 0.0281. The van der Waals surface area contributed by atoms with E-state index in [4.69, 9.17) is 0 Å². The molecule has 1 aromatic heterocycles. The fourth-order valence-corrected chi connectivity index (χ4v) is 4.67. The fourth-order valence-electron chi connectivity index (χ4n) is 4.67. The van der Waals surface area contributed by atoms with Gasteiger partial charge in [0.15, 0.2) is 0 Å². The molecule has 168 valence electrons. The number of aliphatic hydroxyl groups excluding tert-OH is 1. The summed E-state index contributed by atoms with van der Waals surface area (Å²) in [6.45, 7) is 2.42. The molecule has 0 radical (unpaired) electrons. The number of aromatic nitrogens is 2. The van der Waals surface area contributed by atoms with E-state index < -0.39 is 6.10 Å². The molecule has 2 atom stereocenters. The van der Waals surface area contributed by atoms with Crippen LogP contribution in [0.4, 0.5) is 4.39 Å². The Kier molecular flexibility index (Phi) is 5.68. The Hall–Kier alpha value is -3.51. The number of hydrogen-bond acceptors (Lipinski definition) is 3. The lowest BCUT2D eigenvalue weighted by Crippen LogP contribution is -2.48. The molecule has 1 saturated heterocycles. The average molecular weight is 444 g/mol. The molecule has 6 heteroatoms. The minimum absolute atomic E-state index is 0.0436. The predicted octanol–water partition coefficient (Wildman–Crippen LogP) is 5.41. The van der Waals surface area contributed by atoms with Gasteiger partial charge in [0.1, 0.15) is 11.6 Å². The maximum Gasteiger partial charge on any atom is 0.254 e. The van der Waals surface area contributed by atoms with Crippen LogP contribution in [0.2, 0.25) is 0 Å². The van der Waals surface area contributed by atoms with Crippen LogP contribution in [0, 0.1) is 5.82 Å². The zero-order chi connectivity index (χ0) is 22.9. The number of aliphatic hydroxyl groups is 1. The lowest BCUT2D eigenvalue weighted by Gasteiger charge is -2.37. The first-order valence-corrected chi connectivity index (χ1v) is 11.3. The second-order valence-corrected chi connectivity index (χ2v) is 8.71. The van der Waals surface area contributed by atoms with Crippen LogP contribution >= 0.6 is 0 Å². The van der Waals surface area contributed by atoms with Crippen LogP contribution in [0.3, 0.4) is 0 Å². The lowest BCUT2D eigenvalue weighted by atomic mass is 9.96. The number of likely N-dealkylation sites (tertiary alicyclic amines) is 1. The van der Waals surface area contributed by atoms with Crippen molar-refractivity contribution in [3.63, 3.8) is 0 Å². The molecule has 5 rings (SSSR count). The number of piperidine rings is 1. The van der Waals surface area contributed by atoms with E-state index in [-0.39, 0.29) is 17.8 Å². The van der Waals surface area contributed by atoms with E-state index in [0.29, 0.717) is 29.0 Å². The molecule has 0 spiro atoms. The number of hydrogen-bond donors (Lipinski definition) is 2. The summed E-state index contributed by atoms with van der Waals surface area (Å²) in [7, 11) is 0. The first-order valence-electron chi connectivity index (χ1n) is 11.3. The molecule has 2 unspecified atom stereocenters. The van der Waals surface area contributed by atoms with Crippen LogP contribution in [0.5, 0.6) is 0 Å². The molecule has 3 aromatic carbocycles. The third-order valence-corrected chi connectivity index (χ3v) is 6.39. The minimum Gasteiger partial charge on any atom is -0.391 e. The number of H-pyrrole nitrogens is 1. The molecule has 0 aliphatic carbocycles. The van der Waals surface area contributed by atoms with Crippen molar-refractivity contribution >= 4 is 16.9 Å². The molecule has 5 nitrogen and oxygen atoms in total. The van der Waals surface area contributed by atoms with Crippen molar-refractivity contribution in [3.8, 4) is 22.5 Å². The molecule has 0 saturated carbocycles. The van der Waals surface area contributed by atoms with Crippen molar-refractivity contribution in [2.75, 3.05) is 6.54 Å². The Morgan fingerprint density at radius 2 is 1.82 bits per heavy atom. The summed E-state index contributed by atoms with van der Waals surface area (Å²) in [5.41, 5.74) is 4.74. The highest BCUT2D eigenvalue weighted by atomic mass is 19.1. The van der Waals surface area contributed by atoms with Crippen LogP contribution in [0.15, 0.2) is 66.7 Å². The van der Waals surface area contributed by atoms with Crippen molar-refractivity contribution in [1.29, 1.82) is 0 Å². The summed E-state index contributed by atoms with van der Waals surface area (Å²) >= 11 is 0. The van der Waals surface area contributed by atoms with Gasteiger partial charge in [-0.05, 0) is 73.7 Å². The normalized spacial score (nSPS) is 17.3. The predicted molar refractivity (Wildman–Crippen MR) is 127 cm³/mol. The zero-order valence-corrected chi connectivity index (χ0v) is 18.5. The highest BCUT2D eigenvalue weighted by Crippen LogP contribution is 2.28. The third-order valence-electron chi connectivity index (χ3n) is 6.39. The summed E-state index contributed by atoms with van der Waals surface area (Å²) in [5.74, 6) is 0.315. The number of nitrogens with one attached hydrogen (secondary N) is 1. The second-order valence-electron chi connectivity index (χ2n) is 8.71. The molecule has 33 heavy (non-hydrogen) atoms. The standard InChI is InChI=1S/C27H26FN3O2/c1-17(32)25-10-2-3-13-31(25)27(33)21-9-5-7-19(15-21)18-6-4-8-20(14-18)26-29-23-12-11-22(28)16-24(23)30-26/h4-9,11-12,14-17,25,32H,2-3,10,13H2,1H3,(H,29,30). The molecule has 4 aromatic rings. The number of fused-ring (bicyclic) bond motifs is 1. The average Bonchev–Trinajstić information content (AvgIpc) is 3.27. The monoisotopic (exact) mass is 443 g/mol. The number of amides is 1. The van der Waals surface area contributed by atoms with Crippen molar-refractivity contribution in [2.24, 2.45) is 0 Å². The molecule has 2 N–H and O–H groups in total. The van der Waals surface area contributed by atoms with Crippen LogP contribution < -0.4 is 0 Å². The summed E-state index contributed by atoms with van der Waals surface area (Å²) < 4.78 is 13.5. The van der Waals surface area contributed by atoms with Crippen LogP contribution in [-0.4, -0.2) is 44.6 Å². The fraction of sp³-hybridized carbons (Fsp3) is 0.259. The number of imidazole rings is 1. The Labute approximate surface area is 191 Å². The molecule has 1 aliphatic rings. The number of benzene rings is 3. The minimum atomic E-state index is -0.550. The Bertz CT molecular complexity index is 1310. The highest BCUT2D eigenvalue weighted by molar-refractivity contribution is 5.96. The number of carbonyl (C=O) groups excluding carboxylic acids is 1. The third kappa shape index (κ3) is 4.26. The van der Waals surface area contributed by atoms with Gasteiger partial charge in [0.2, 0.25) is 0 Å². The quantitative estimate of drug-likeness (QED) is 0.443. The summed E-state index contributed by atoms with van der Waals surface area (Å²) in [6.07, 6.45) is 2.26. The second kappa shape index (κ2) is 8.79. The van der Waals surface area contributed by atoms with Gasteiger partial charge >= 0.3 is 0 Å². The maximum atomic E-state index is 13.5. The molecular weight excluding hydrogens is 417 g/mol. The van der Waals surface area contributed by atoms with Crippen LogP contribution in [0.1, 0.15) is 36.5 Å². The van der Waals surface area contributed by atoms with E-state index in [0.717, 1.165) is 36.0 Å². The van der Waals surface area contributed by atoms with E-state index in [1.54, 1.807) is 13.0 Å². The van der Waals surface area contributed by atoms with Gasteiger partial charge in [0.25, 0.3) is 5.91 Å². The largest absolute Gasteiger partial charge is 0.391 e. The summed E-state index contributed by atoms with van der Waals surface area (Å²) in [6, 6.07) is 19.9. The molecular formula is C27H26FN3O2. The Balaban J connectivity index is 1.45. The first kappa shape index (κ1) is 21.3. The zero-order valence-electron chi connectivity index (χ0n) is 18.5. The van der Waals surface area contributed by atoms with Crippen molar-refractivity contribution in [3.05, 3.63) is 78.1 Å². The highest BCUT2D eigenvalue weighted by Gasteiger charge is 2.30. The number of carbonyl (C=O) groups is 1. The molecule has 1 amide bonds. The Morgan fingerprint density at radius 1 is 1.06 bits per heavy atom. The van der Waals surface area contributed by atoms with Gasteiger partial charge in [0.05, 0.1) is 23.2 Å². The van der Waals surface area contributed by atoms with Crippen molar-refractivity contribution in [1.82, 2.24) is 14.9 Å². The Morgan fingerprint density at radius 3 is 2.64 bits per heavy atom. The van der Waals surface area contributed by atoms with E-state index in [2.05, 4.69) is 9.97 Å². The van der Waals surface area contributed by atoms with Gasteiger partial charge in [0, 0.05) is 17.7 Å². The van der Waals surface area contributed by atoms with E-state index in [1.165, 1.54) is 12.1 Å².